The van der Waals surface area contributed by atoms with Gasteiger partial charge in [-0.15, -0.1) is 11.3 Å². The Labute approximate surface area is 99.7 Å². The minimum absolute atomic E-state index is 0.294. The number of hydrogen-bond acceptors (Lipinski definition) is 3. The largest absolute Gasteiger partial charge is 0.479 e. The number of hydrogen-bond donors (Lipinski definition) is 2. The Bertz CT molecular complexity index is 321. The Hall–Kier alpha value is -0.870. The van der Waals surface area contributed by atoms with Gasteiger partial charge in [-0.3, -0.25) is 0 Å². The fraction of sp³-hybridized carbons (Fsp3) is 0.583. The van der Waals surface area contributed by atoms with Gasteiger partial charge in [0, 0.05) is 4.88 Å². The summed E-state index contributed by atoms with van der Waals surface area (Å²) in [6.45, 7) is 2.10. The average molecular weight is 242 g/mol. The van der Waals surface area contributed by atoms with Crippen LogP contribution in [0.25, 0.3) is 0 Å². The molecule has 0 bridgehead atoms. The van der Waals surface area contributed by atoms with E-state index in [4.69, 9.17) is 5.11 Å². The first kappa shape index (κ1) is 13.2. The number of thiophene rings is 1. The molecule has 1 aromatic rings. The molecule has 0 aliphatic carbocycles. The molecule has 90 valence electrons. The molecule has 0 aliphatic rings. The second-order valence-corrected chi connectivity index (χ2v) is 4.90. The number of aliphatic carboxylic acids is 1. The van der Waals surface area contributed by atoms with E-state index in [1.54, 1.807) is 17.5 Å². The summed E-state index contributed by atoms with van der Waals surface area (Å²) in [5, 5.41) is 21.1. The first-order valence-electron chi connectivity index (χ1n) is 5.61. The van der Waals surface area contributed by atoms with Gasteiger partial charge >= 0.3 is 5.97 Å². The van der Waals surface area contributed by atoms with E-state index < -0.39 is 11.6 Å². The van der Waals surface area contributed by atoms with Crippen LogP contribution in [0.2, 0.25) is 0 Å². The Kier molecular flexibility index (Phi) is 4.96. The van der Waals surface area contributed by atoms with Crippen molar-refractivity contribution in [2.45, 2.75) is 44.6 Å². The third-order valence-electron chi connectivity index (χ3n) is 2.67. The number of rotatable bonds is 7. The van der Waals surface area contributed by atoms with Gasteiger partial charge in [-0.2, -0.15) is 0 Å². The Morgan fingerprint density at radius 1 is 1.44 bits per heavy atom. The van der Waals surface area contributed by atoms with E-state index in [1.165, 1.54) is 11.3 Å². The third-order valence-corrected chi connectivity index (χ3v) is 3.70. The lowest BCUT2D eigenvalue weighted by Gasteiger charge is -2.21. The highest BCUT2D eigenvalue weighted by Crippen LogP contribution is 2.31. The molecule has 0 saturated heterocycles. The maximum absolute atomic E-state index is 11.1. The molecule has 1 heterocycles. The van der Waals surface area contributed by atoms with Gasteiger partial charge < -0.3 is 10.2 Å². The molecule has 1 rings (SSSR count). The summed E-state index contributed by atoms with van der Waals surface area (Å²) < 4.78 is 0. The number of carbonyl (C=O) groups is 1. The molecular weight excluding hydrogens is 224 g/mol. The van der Waals surface area contributed by atoms with Gasteiger partial charge in [-0.25, -0.2) is 4.79 Å². The van der Waals surface area contributed by atoms with Crippen molar-refractivity contribution in [1.82, 2.24) is 0 Å². The smallest absolute Gasteiger partial charge is 0.341 e. The number of carboxylic acids is 1. The summed E-state index contributed by atoms with van der Waals surface area (Å²) in [4.78, 5) is 11.7. The second kappa shape index (κ2) is 6.01. The van der Waals surface area contributed by atoms with Crippen LogP contribution in [0.1, 0.15) is 43.9 Å². The van der Waals surface area contributed by atoms with Gasteiger partial charge in [0.25, 0.3) is 0 Å². The van der Waals surface area contributed by atoms with Crippen molar-refractivity contribution >= 4 is 17.3 Å². The maximum Gasteiger partial charge on any atom is 0.341 e. The second-order valence-electron chi connectivity index (χ2n) is 3.95. The summed E-state index contributed by atoms with van der Waals surface area (Å²) in [5.74, 6) is -1.15. The topological polar surface area (TPSA) is 57.5 Å². The Balaban J connectivity index is 2.63. The van der Waals surface area contributed by atoms with Crippen molar-refractivity contribution < 1.29 is 15.0 Å². The van der Waals surface area contributed by atoms with Crippen LogP contribution < -0.4 is 0 Å². The van der Waals surface area contributed by atoms with E-state index in [-0.39, 0.29) is 0 Å². The standard InChI is InChI=1S/C12H18O3S/c1-2-3-4-5-8-12(15,11(13)14)10-7-6-9-16-10/h6-7,9,15H,2-5,8H2,1H3,(H,13,14). The van der Waals surface area contributed by atoms with Gasteiger partial charge in [-0.1, -0.05) is 32.3 Å². The van der Waals surface area contributed by atoms with E-state index in [0.717, 1.165) is 25.7 Å². The Morgan fingerprint density at radius 3 is 2.69 bits per heavy atom. The highest BCUT2D eigenvalue weighted by atomic mass is 32.1. The van der Waals surface area contributed by atoms with Crippen LogP contribution in [0.4, 0.5) is 0 Å². The molecule has 0 saturated carbocycles. The molecule has 16 heavy (non-hydrogen) atoms. The summed E-state index contributed by atoms with van der Waals surface area (Å²) >= 11 is 1.29. The number of carboxylic acid groups (broad SMARTS) is 1. The SMILES string of the molecule is CCCCCCC(O)(C(=O)O)c1cccs1. The zero-order chi connectivity index (χ0) is 12.0. The number of aliphatic hydroxyl groups is 1. The summed E-state index contributed by atoms with van der Waals surface area (Å²) in [7, 11) is 0. The van der Waals surface area contributed by atoms with Crippen molar-refractivity contribution in [2.24, 2.45) is 0 Å². The lowest BCUT2D eigenvalue weighted by atomic mass is 9.94. The van der Waals surface area contributed by atoms with E-state index >= 15 is 0 Å². The average Bonchev–Trinajstić information content (AvgIpc) is 2.77. The lowest BCUT2D eigenvalue weighted by Crippen LogP contribution is -2.34. The Morgan fingerprint density at radius 2 is 2.19 bits per heavy atom. The summed E-state index contributed by atoms with van der Waals surface area (Å²) in [6.07, 6.45) is 4.19. The normalized spacial score (nSPS) is 14.6. The fourth-order valence-electron chi connectivity index (χ4n) is 1.66. The van der Waals surface area contributed by atoms with Crippen molar-refractivity contribution in [3.63, 3.8) is 0 Å². The van der Waals surface area contributed by atoms with Gasteiger partial charge in [0.2, 0.25) is 0 Å². The van der Waals surface area contributed by atoms with Crippen molar-refractivity contribution in [3.05, 3.63) is 22.4 Å². The molecule has 1 unspecified atom stereocenters. The molecule has 1 aromatic heterocycles. The molecule has 0 spiro atoms. The molecule has 3 nitrogen and oxygen atoms in total. The fourth-order valence-corrected chi connectivity index (χ4v) is 2.50. The zero-order valence-electron chi connectivity index (χ0n) is 9.48. The molecule has 1 atom stereocenters. The first-order chi connectivity index (χ1) is 7.61. The van der Waals surface area contributed by atoms with Crippen molar-refractivity contribution in [2.75, 3.05) is 0 Å². The van der Waals surface area contributed by atoms with Gasteiger partial charge in [0.1, 0.15) is 0 Å². The van der Waals surface area contributed by atoms with Crippen LogP contribution in [-0.4, -0.2) is 16.2 Å². The molecular formula is C12H18O3S. The monoisotopic (exact) mass is 242 g/mol. The molecule has 0 aromatic carbocycles. The molecule has 0 fully saturated rings. The summed E-state index contributed by atoms with van der Waals surface area (Å²) in [6, 6.07) is 3.44. The first-order valence-corrected chi connectivity index (χ1v) is 6.49. The van der Waals surface area contributed by atoms with Crippen LogP contribution in [-0.2, 0) is 10.4 Å². The third kappa shape index (κ3) is 3.06. The molecule has 0 aliphatic heterocycles. The van der Waals surface area contributed by atoms with Gasteiger partial charge in [-0.05, 0) is 24.3 Å². The predicted molar refractivity (Wildman–Crippen MR) is 64.6 cm³/mol. The highest BCUT2D eigenvalue weighted by Gasteiger charge is 2.38. The highest BCUT2D eigenvalue weighted by molar-refractivity contribution is 7.10. The summed E-state index contributed by atoms with van der Waals surface area (Å²) in [5.41, 5.74) is -1.69. The molecule has 0 amide bonds. The van der Waals surface area contributed by atoms with Gasteiger partial charge in [0.15, 0.2) is 5.60 Å². The van der Waals surface area contributed by atoms with Crippen LogP contribution in [0.5, 0.6) is 0 Å². The number of unbranched alkanes of at least 4 members (excludes halogenated alkanes) is 3. The zero-order valence-corrected chi connectivity index (χ0v) is 10.3. The minimum atomic E-state index is -1.69. The molecule has 0 radical (unpaired) electrons. The van der Waals surface area contributed by atoms with Gasteiger partial charge in [0.05, 0.1) is 0 Å². The molecule has 2 N–H and O–H groups in total. The minimum Gasteiger partial charge on any atom is -0.479 e. The van der Waals surface area contributed by atoms with Crippen LogP contribution in [0.3, 0.4) is 0 Å². The van der Waals surface area contributed by atoms with E-state index in [0.29, 0.717) is 11.3 Å². The lowest BCUT2D eigenvalue weighted by molar-refractivity contribution is -0.160. The predicted octanol–water partition coefficient (Wildman–Crippen LogP) is 2.99. The maximum atomic E-state index is 11.1. The van der Waals surface area contributed by atoms with E-state index in [9.17, 15) is 9.90 Å². The van der Waals surface area contributed by atoms with Crippen molar-refractivity contribution in [1.29, 1.82) is 0 Å². The van der Waals surface area contributed by atoms with Crippen molar-refractivity contribution in [3.8, 4) is 0 Å². The van der Waals surface area contributed by atoms with Crippen LogP contribution in [0, 0.1) is 0 Å². The molecule has 4 heteroatoms. The van der Waals surface area contributed by atoms with Crippen LogP contribution in [0.15, 0.2) is 17.5 Å². The van der Waals surface area contributed by atoms with E-state index in [1.807, 2.05) is 0 Å². The van der Waals surface area contributed by atoms with E-state index in [2.05, 4.69) is 6.92 Å². The van der Waals surface area contributed by atoms with Crippen LogP contribution >= 0.6 is 11.3 Å². The quantitative estimate of drug-likeness (QED) is 0.723.